The van der Waals surface area contributed by atoms with Gasteiger partial charge in [0.15, 0.2) is 0 Å². The van der Waals surface area contributed by atoms with Gasteiger partial charge in [0.05, 0.1) is 17.1 Å². The second kappa shape index (κ2) is 11.8. The lowest BCUT2D eigenvalue weighted by atomic mass is 9.68. The van der Waals surface area contributed by atoms with Crippen LogP contribution in [0, 0.1) is 29.6 Å². The molecule has 0 aromatic rings. The van der Waals surface area contributed by atoms with Crippen molar-refractivity contribution in [3.63, 3.8) is 0 Å². The zero-order valence-corrected chi connectivity index (χ0v) is 22.2. The smallest absolute Gasteiger partial charge is 0.309 e. The minimum absolute atomic E-state index is 0.0200. The topological polar surface area (TPSA) is 9.23 Å². The van der Waals surface area contributed by atoms with Crippen LogP contribution in [0.2, 0.25) is 0 Å². The summed E-state index contributed by atoms with van der Waals surface area (Å²) < 4.78 is 160. The summed E-state index contributed by atoms with van der Waals surface area (Å²) in [5.41, 5.74) is -1.25. The fourth-order valence-corrected chi connectivity index (χ4v) is 7.22. The zero-order valence-electron chi connectivity index (χ0n) is 21.4. The van der Waals surface area contributed by atoms with Crippen molar-refractivity contribution in [1.82, 2.24) is 0 Å². The van der Waals surface area contributed by atoms with Gasteiger partial charge in [-0.1, -0.05) is 18.6 Å². The Balaban J connectivity index is 1.47. The van der Waals surface area contributed by atoms with Gasteiger partial charge in [0.2, 0.25) is 0 Å². The fourth-order valence-electron chi connectivity index (χ4n) is 6.69. The first kappa shape index (κ1) is 31.6. The maximum atomic E-state index is 15.3. The molecule has 0 N–H and O–H groups in total. The normalized spacial score (nSPS) is 42.0. The Kier molecular flexibility index (Phi) is 9.30. The van der Waals surface area contributed by atoms with Gasteiger partial charge in [0.25, 0.3) is 0 Å². The van der Waals surface area contributed by atoms with Crippen LogP contribution in [-0.4, -0.2) is 48.5 Å². The van der Waals surface area contributed by atoms with Gasteiger partial charge in [-0.15, -0.1) is 11.6 Å². The molecule has 11 atom stereocenters. The molecule has 0 amide bonds. The van der Waals surface area contributed by atoms with Crippen LogP contribution in [0.5, 0.6) is 0 Å². The molecule has 1 nitrogen and oxygen atoms in total. The fraction of sp³-hybridized carbons (Fsp3) is 0.778. The van der Waals surface area contributed by atoms with Crippen molar-refractivity contribution in [3.8, 4) is 0 Å². The molecule has 4 aliphatic rings. The Morgan fingerprint density at radius 2 is 1.52 bits per heavy atom. The molecular formula is C27H30ClF11O. The first-order valence-corrected chi connectivity index (χ1v) is 13.7. The number of rotatable bonds is 5. The van der Waals surface area contributed by atoms with Gasteiger partial charge in [-0.25, -0.2) is 26.3 Å². The first-order chi connectivity index (χ1) is 18.5. The van der Waals surface area contributed by atoms with Crippen LogP contribution >= 0.6 is 11.6 Å². The summed E-state index contributed by atoms with van der Waals surface area (Å²) in [6, 6.07) is 0. The monoisotopic (exact) mass is 614 g/mol. The van der Waals surface area contributed by atoms with E-state index in [1.807, 2.05) is 6.92 Å². The maximum Gasteiger partial charge on any atom is 0.400 e. The zero-order chi connectivity index (χ0) is 29.7. The van der Waals surface area contributed by atoms with Crippen molar-refractivity contribution in [3.05, 3.63) is 35.0 Å². The van der Waals surface area contributed by atoms with Gasteiger partial charge in [-0.05, 0) is 43.6 Å². The van der Waals surface area contributed by atoms with E-state index in [9.17, 15) is 39.5 Å². The molecule has 1 saturated carbocycles. The standard InChI is InChI=1S/C27H30ClF11O/c1-11-2-3-15(17(29)4-11)12-5-16(28)23(18(30)6-12)13-7-19(31)25(20(32)8-13)27(38,39)40-14-9-21(33)24(22(34)10-14)26(35,36)37/h5,9,11,13-19,22-24H,2-4,6-8,10H2,1H3. The van der Waals surface area contributed by atoms with Crippen LogP contribution in [0.3, 0.4) is 0 Å². The lowest BCUT2D eigenvalue weighted by Crippen LogP contribution is -2.44. The summed E-state index contributed by atoms with van der Waals surface area (Å²) >= 11 is 6.39. The highest BCUT2D eigenvalue weighted by Gasteiger charge is 2.54. The van der Waals surface area contributed by atoms with Crippen LogP contribution in [0.1, 0.15) is 51.9 Å². The van der Waals surface area contributed by atoms with Gasteiger partial charge in [-0.3, -0.25) is 0 Å². The molecule has 228 valence electrons. The quantitative estimate of drug-likeness (QED) is 0.170. The molecule has 1 fully saturated rings. The number of hydrogen-bond donors (Lipinski definition) is 0. The van der Waals surface area contributed by atoms with Crippen molar-refractivity contribution in [2.75, 3.05) is 0 Å². The highest BCUT2D eigenvalue weighted by molar-refractivity contribution is 6.22. The van der Waals surface area contributed by atoms with E-state index in [1.54, 1.807) is 0 Å². The van der Waals surface area contributed by atoms with Crippen molar-refractivity contribution in [1.29, 1.82) is 0 Å². The lowest BCUT2D eigenvalue weighted by Gasteiger charge is -2.41. The SMILES string of the molecule is CC1CCC(C2=CC(Cl)C(C3CC(F)=C(C(F)(F)OC4C=C(F)C(C(F)(F)F)C(F)C4)C(F)C3)C(F)C2)C(F)C1. The van der Waals surface area contributed by atoms with E-state index >= 15 is 8.78 Å². The molecule has 4 rings (SSSR count). The second-order valence-corrected chi connectivity index (χ2v) is 12.0. The van der Waals surface area contributed by atoms with Crippen LogP contribution in [0.15, 0.2) is 35.0 Å². The number of alkyl halides is 10. The second-order valence-electron chi connectivity index (χ2n) is 11.5. The number of allylic oxidation sites excluding steroid dienone is 4. The van der Waals surface area contributed by atoms with E-state index in [-0.39, 0.29) is 18.4 Å². The largest absolute Gasteiger partial charge is 0.400 e. The van der Waals surface area contributed by atoms with Crippen molar-refractivity contribution < 1.29 is 53.0 Å². The molecular weight excluding hydrogens is 585 g/mol. The Bertz CT molecular complexity index is 1020. The van der Waals surface area contributed by atoms with Crippen LogP contribution in [-0.2, 0) is 4.74 Å². The van der Waals surface area contributed by atoms with Gasteiger partial charge in [-0.2, -0.15) is 22.0 Å². The minimum Gasteiger partial charge on any atom is -0.309 e. The average molecular weight is 615 g/mol. The Hall–Kier alpha value is -1.30. The van der Waals surface area contributed by atoms with Crippen LogP contribution in [0.25, 0.3) is 0 Å². The molecule has 0 saturated heterocycles. The summed E-state index contributed by atoms with van der Waals surface area (Å²) in [4.78, 5) is 0. The van der Waals surface area contributed by atoms with E-state index < -0.39 is 109 Å². The molecule has 0 aromatic carbocycles. The highest BCUT2D eigenvalue weighted by Crippen LogP contribution is 2.50. The molecule has 0 radical (unpaired) electrons. The Morgan fingerprint density at radius 1 is 0.850 bits per heavy atom. The molecule has 0 aromatic heterocycles. The summed E-state index contributed by atoms with van der Waals surface area (Å²) in [7, 11) is 0. The third kappa shape index (κ3) is 6.52. The van der Waals surface area contributed by atoms with Crippen molar-refractivity contribution in [2.45, 2.75) is 100 Å². The Labute approximate surface area is 229 Å². The molecule has 0 bridgehead atoms. The number of ether oxygens (including phenoxy) is 1. The summed E-state index contributed by atoms with van der Waals surface area (Å²) in [6.07, 6.45) is -20.7. The molecule has 4 aliphatic carbocycles. The summed E-state index contributed by atoms with van der Waals surface area (Å²) in [5, 5.41) is -1.06. The average Bonchev–Trinajstić information content (AvgIpc) is 2.76. The highest BCUT2D eigenvalue weighted by atomic mass is 35.5. The Morgan fingerprint density at radius 3 is 2.08 bits per heavy atom. The van der Waals surface area contributed by atoms with E-state index in [2.05, 4.69) is 4.74 Å². The lowest BCUT2D eigenvalue weighted by molar-refractivity contribution is -0.243. The summed E-state index contributed by atoms with van der Waals surface area (Å²) in [6.45, 7) is 1.92. The third-order valence-electron chi connectivity index (χ3n) is 8.63. The third-order valence-corrected chi connectivity index (χ3v) is 9.05. The van der Waals surface area contributed by atoms with Crippen molar-refractivity contribution >= 4 is 11.6 Å². The molecule has 13 heteroatoms. The molecule has 0 aliphatic heterocycles. The van der Waals surface area contributed by atoms with E-state index in [0.29, 0.717) is 18.4 Å². The van der Waals surface area contributed by atoms with Gasteiger partial charge in [0, 0.05) is 31.1 Å². The number of halogens is 12. The van der Waals surface area contributed by atoms with Crippen molar-refractivity contribution in [2.24, 2.45) is 29.6 Å². The van der Waals surface area contributed by atoms with E-state index in [1.165, 1.54) is 6.08 Å². The molecule has 11 unspecified atom stereocenters. The van der Waals surface area contributed by atoms with Gasteiger partial charge in [0.1, 0.15) is 42.3 Å². The minimum atomic E-state index is -5.31. The predicted molar refractivity (Wildman–Crippen MR) is 126 cm³/mol. The summed E-state index contributed by atoms with van der Waals surface area (Å²) in [5.74, 6) is -9.48. The molecule has 40 heavy (non-hydrogen) atoms. The molecule has 0 spiro atoms. The number of hydrogen-bond acceptors (Lipinski definition) is 1. The molecule has 0 heterocycles. The first-order valence-electron chi connectivity index (χ1n) is 13.3. The predicted octanol–water partition coefficient (Wildman–Crippen LogP) is 9.38. The maximum absolute atomic E-state index is 15.3. The van der Waals surface area contributed by atoms with Gasteiger partial charge < -0.3 is 4.74 Å². The van der Waals surface area contributed by atoms with Crippen LogP contribution < -0.4 is 0 Å². The van der Waals surface area contributed by atoms with Gasteiger partial charge >= 0.3 is 12.3 Å². The van der Waals surface area contributed by atoms with Crippen LogP contribution in [0.4, 0.5) is 48.3 Å². The van der Waals surface area contributed by atoms with E-state index in [0.717, 1.165) is 6.42 Å². The van der Waals surface area contributed by atoms with E-state index in [4.69, 9.17) is 11.6 Å².